The zero-order chi connectivity index (χ0) is 13.9. The summed E-state index contributed by atoms with van der Waals surface area (Å²) in [7, 11) is 0. The Morgan fingerprint density at radius 1 is 1.28 bits per heavy atom. The molecule has 0 fully saturated rings. The monoisotopic (exact) mass is 258 g/mol. The number of hydrogen-bond donors (Lipinski definition) is 1. The molecule has 1 aromatic rings. The number of rotatable bonds is 5. The molecule has 1 N–H and O–H groups in total. The minimum atomic E-state index is -2.48. The van der Waals surface area contributed by atoms with Gasteiger partial charge in [0.05, 0.1) is 5.60 Å². The van der Waals surface area contributed by atoms with Gasteiger partial charge in [-0.15, -0.1) is 0 Å². The predicted octanol–water partition coefficient (Wildman–Crippen LogP) is 3.56. The Hall–Kier alpha value is -1.16. The third kappa shape index (κ3) is 3.42. The lowest BCUT2D eigenvalue weighted by Gasteiger charge is -2.24. The van der Waals surface area contributed by atoms with Crippen LogP contribution in [0.15, 0.2) is 12.1 Å². The van der Waals surface area contributed by atoms with Gasteiger partial charge in [0, 0.05) is 0 Å². The molecule has 0 aliphatic rings. The average Bonchev–Trinajstić information content (AvgIpc) is 2.27. The maximum atomic E-state index is 12.1. The third-order valence-corrected chi connectivity index (χ3v) is 3.12. The first-order valence-corrected chi connectivity index (χ1v) is 6.03. The van der Waals surface area contributed by atoms with Gasteiger partial charge in [0.1, 0.15) is 12.4 Å². The van der Waals surface area contributed by atoms with E-state index in [1.165, 1.54) is 0 Å². The highest BCUT2D eigenvalue weighted by atomic mass is 19.3. The molecule has 0 aromatic heterocycles. The standard InChI is InChI=1S/C14H20F2O2/c1-5-14(4,17)11-6-9(2)13(10(3)7-11)18-8-12(15)16/h6-7,12,17H,5,8H2,1-4H3. The highest BCUT2D eigenvalue weighted by molar-refractivity contribution is 5.44. The van der Waals surface area contributed by atoms with Crippen molar-refractivity contribution in [3.63, 3.8) is 0 Å². The molecule has 0 spiro atoms. The topological polar surface area (TPSA) is 29.5 Å². The first-order chi connectivity index (χ1) is 8.27. The second-order valence-electron chi connectivity index (χ2n) is 4.77. The van der Waals surface area contributed by atoms with Crippen LogP contribution in [-0.4, -0.2) is 18.1 Å². The number of alkyl halides is 2. The van der Waals surface area contributed by atoms with Crippen LogP contribution in [0.1, 0.15) is 37.0 Å². The van der Waals surface area contributed by atoms with Crippen LogP contribution in [0.25, 0.3) is 0 Å². The van der Waals surface area contributed by atoms with E-state index in [2.05, 4.69) is 0 Å². The molecule has 102 valence electrons. The van der Waals surface area contributed by atoms with Crippen molar-refractivity contribution in [3.05, 3.63) is 28.8 Å². The second kappa shape index (κ2) is 5.65. The van der Waals surface area contributed by atoms with Crippen LogP contribution in [0, 0.1) is 13.8 Å². The molecule has 18 heavy (non-hydrogen) atoms. The van der Waals surface area contributed by atoms with Crippen molar-refractivity contribution < 1.29 is 18.6 Å². The molecule has 4 heteroatoms. The SMILES string of the molecule is CCC(C)(O)c1cc(C)c(OCC(F)F)c(C)c1. The van der Waals surface area contributed by atoms with Gasteiger partial charge >= 0.3 is 0 Å². The number of aryl methyl sites for hydroxylation is 2. The average molecular weight is 258 g/mol. The Bertz CT molecular complexity index is 391. The van der Waals surface area contributed by atoms with E-state index < -0.39 is 18.6 Å². The van der Waals surface area contributed by atoms with Crippen molar-refractivity contribution in [3.8, 4) is 5.75 Å². The molecule has 2 nitrogen and oxygen atoms in total. The normalized spacial score (nSPS) is 14.7. The Labute approximate surface area is 107 Å². The predicted molar refractivity (Wildman–Crippen MR) is 67.3 cm³/mol. The molecule has 0 aliphatic carbocycles. The summed E-state index contributed by atoms with van der Waals surface area (Å²) in [5.41, 5.74) is 1.40. The van der Waals surface area contributed by atoms with Gasteiger partial charge in [-0.1, -0.05) is 6.92 Å². The summed E-state index contributed by atoms with van der Waals surface area (Å²) < 4.78 is 29.4. The quantitative estimate of drug-likeness (QED) is 0.875. The van der Waals surface area contributed by atoms with Gasteiger partial charge in [0.2, 0.25) is 0 Å². The fourth-order valence-corrected chi connectivity index (χ4v) is 1.84. The van der Waals surface area contributed by atoms with Gasteiger partial charge in [-0.05, 0) is 56.0 Å². The largest absolute Gasteiger partial charge is 0.487 e. The van der Waals surface area contributed by atoms with Crippen molar-refractivity contribution >= 4 is 0 Å². The van der Waals surface area contributed by atoms with Gasteiger partial charge in [0.15, 0.2) is 0 Å². The van der Waals surface area contributed by atoms with Gasteiger partial charge < -0.3 is 9.84 Å². The Morgan fingerprint density at radius 2 is 1.78 bits per heavy atom. The lowest BCUT2D eigenvalue weighted by atomic mass is 9.90. The van der Waals surface area contributed by atoms with E-state index in [1.54, 1.807) is 32.9 Å². The van der Waals surface area contributed by atoms with Crippen LogP contribution in [-0.2, 0) is 5.60 Å². The molecular weight excluding hydrogens is 238 g/mol. The summed E-state index contributed by atoms with van der Waals surface area (Å²) in [6.45, 7) is 6.62. The molecule has 0 aliphatic heterocycles. The zero-order valence-electron chi connectivity index (χ0n) is 11.3. The van der Waals surface area contributed by atoms with Crippen LogP contribution in [0.2, 0.25) is 0 Å². The third-order valence-electron chi connectivity index (χ3n) is 3.12. The van der Waals surface area contributed by atoms with Gasteiger partial charge in [0.25, 0.3) is 6.43 Å². The Kier molecular flexibility index (Phi) is 4.68. The Balaban J connectivity index is 3.05. The summed E-state index contributed by atoms with van der Waals surface area (Å²) >= 11 is 0. The number of benzene rings is 1. The molecule has 0 saturated carbocycles. The number of hydrogen-bond acceptors (Lipinski definition) is 2. The van der Waals surface area contributed by atoms with Gasteiger partial charge in [-0.25, -0.2) is 8.78 Å². The van der Waals surface area contributed by atoms with Crippen LogP contribution >= 0.6 is 0 Å². The molecule has 0 bridgehead atoms. The number of ether oxygens (including phenoxy) is 1. The van der Waals surface area contributed by atoms with E-state index >= 15 is 0 Å². The van der Waals surface area contributed by atoms with Crippen molar-refractivity contribution in [1.29, 1.82) is 0 Å². The van der Waals surface area contributed by atoms with Crippen LogP contribution < -0.4 is 4.74 Å². The van der Waals surface area contributed by atoms with Crippen LogP contribution in [0.3, 0.4) is 0 Å². The zero-order valence-corrected chi connectivity index (χ0v) is 11.3. The fraction of sp³-hybridized carbons (Fsp3) is 0.571. The van der Waals surface area contributed by atoms with E-state index in [0.29, 0.717) is 12.2 Å². The highest BCUT2D eigenvalue weighted by Gasteiger charge is 2.22. The van der Waals surface area contributed by atoms with Crippen LogP contribution in [0.4, 0.5) is 8.78 Å². The summed E-state index contributed by atoms with van der Waals surface area (Å²) in [5, 5.41) is 10.2. The summed E-state index contributed by atoms with van der Waals surface area (Å²) in [4.78, 5) is 0. The summed E-state index contributed by atoms with van der Waals surface area (Å²) in [5.74, 6) is 0.478. The first-order valence-electron chi connectivity index (χ1n) is 6.03. The minimum absolute atomic E-state index is 0.478. The molecule has 1 rings (SSSR count). The molecule has 1 atom stereocenters. The lowest BCUT2D eigenvalue weighted by Crippen LogP contribution is -2.20. The van der Waals surface area contributed by atoms with Crippen molar-refractivity contribution in [2.75, 3.05) is 6.61 Å². The smallest absolute Gasteiger partial charge is 0.272 e. The molecule has 0 amide bonds. The maximum Gasteiger partial charge on any atom is 0.272 e. The molecule has 0 heterocycles. The van der Waals surface area contributed by atoms with E-state index in [1.807, 2.05) is 6.92 Å². The van der Waals surface area contributed by atoms with Gasteiger partial charge in [-0.3, -0.25) is 0 Å². The van der Waals surface area contributed by atoms with Gasteiger partial charge in [-0.2, -0.15) is 0 Å². The minimum Gasteiger partial charge on any atom is -0.487 e. The summed E-state index contributed by atoms with van der Waals surface area (Å²) in [6.07, 6.45) is -1.90. The first kappa shape index (κ1) is 14.9. The van der Waals surface area contributed by atoms with E-state index in [0.717, 1.165) is 16.7 Å². The molecular formula is C14H20F2O2. The molecule has 1 aromatic carbocycles. The summed E-state index contributed by atoms with van der Waals surface area (Å²) in [6, 6.07) is 3.58. The van der Waals surface area contributed by atoms with E-state index in [4.69, 9.17) is 4.74 Å². The van der Waals surface area contributed by atoms with E-state index in [9.17, 15) is 13.9 Å². The lowest BCUT2D eigenvalue weighted by molar-refractivity contribution is 0.0526. The number of halogens is 2. The van der Waals surface area contributed by atoms with Crippen molar-refractivity contribution in [2.45, 2.75) is 46.1 Å². The molecule has 1 unspecified atom stereocenters. The molecule has 0 saturated heterocycles. The maximum absolute atomic E-state index is 12.1. The van der Waals surface area contributed by atoms with E-state index in [-0.39, 0.29) is 0 Å². The highest BCUT2D eigenvalue weighted by Crippen LogP contribution is 2.31. The second-order valence-corrected chi connectivity index (χ2v) is 4.77. The van der Waals surface area contributed by atoms with Crippen molar-refractivity contribution in [2.24, 2.45) is 0 Å². The fourth-order valence-electron chi connectivity index (χ4n) is 1.84. The Morgan fingerprint density at radius 3 is 2.17 bits per heavy atom. The number of aliphatic hydroxyl groups is 1. The van der Waals surface area contributed by atoms with Crippen molar-refractivity contribution in [1.82, 2.24) is 0 Å². The van der Waals surface area contributed by atoms with Crippen LogP contribution in [0.5, 0.6) is 5.75 Å². The molecule has 0 radical (unpaired) electrons.